The molecule has 0 radical (unpaired) electrons. The molecule has 0 saturated carbocycles. The van der Waals surface area contributed by atoms with Gasteiger partial charge in [-0.3, -0.25) is 4.55 Å². The van der Waals surface area contributed by atoms with Gasteiger partial charge in [-0.2, -0.15) is 8.42 Å². The fourth-order valence-corrected chi connectivity index (χ4v) is 0. The molecule has 0 aliphatic heterocycles. The van der Waals surface area contributed by atoms with Gasteiger partial charge in [0.2, 0.25) is 0 Å². The zero-order valence-electron chi connectivity index (χ0n) is 3.31. The van der Waals surface area contributed by atoms with Crippen molar-refractivity contribution < 1.29 is 13.0 Å². The summed E-state index contributed by atoms with van der Waals surface area (Å²) in [7, 11) is -4.54. The molecule has 0 aliphatic carbocycles. The van der Waals surface area contributed by atoms with Crippen molar-refractivity contribution in [3.63, 3.8) is 0 Å². The van der Waals surface area contributed by atoms with Crippen molar-refractivity contribution in [2.24, 2.45) is 0 Å². The Morgan fingerprint density at radius 2 is 1.33 bits per heavy atom. The summed E-state index contributed by atoms with van der Waals surface area (Å²) in [6, 6.07) is 0. The first kappa shape index (κ1) is 13.3. The molecule has 0 spiro atoms. The zero-order chi connectivity index (χ0) is 7.00. The first-order chi connectivity index (χ1) is 3.25. The molecule has 56 valence electrons. The molecule has 3 nitrogen and oxygen atoms in total. The number of alkyl halides is 3. The second kappa shape index (κ2) is 3.88. The Morgan fingerprint density at radius 3 is 1.33 bits per heavy atom. The molecule has 0 aromatic heterocycles. The van der Waals surface area contributed by atoms with Crippen LogP contribution in [0.4, 0.5) is 0 Å². The van der Waals surface area contributed by atoms with Crippen LogP contribution in [0.1, 0.15) is 0 Å². The van der Waals surface area contributed by atoms with Gasteiger partial charge in [0.05, 0.1) is 0 Å². The molecule has 0 heterocycles. The van der Waals surface area contributed by atoms with Gasteiger partial charge in [0.1, 0.15) is 0 Å². The molecule has 0 saturated heterocycles. The average molecular weight is 317 g/mol. The van der Waals surface area contributed by atoms with Gasteiger partial charge in [-0.1, -0.05) is 34.8 Å². The third-order valence-corrected chi connectivity index (χ3v) is 2.63. The first-order valence-electron chi connectivity index (χ1n) is 1.29. The van der Waals surface area contributed by atoms with Gasteiger partial charge >= 0.3 is 39.1 Å². The van der Waals surface area contributed by atoms with E-state index in [-0.39, 0.29) is 25.8 Å². The van der Waals surface area contributed by atoms with Crippen LogP contribution in [-0.2, 0) is 10.1 Å². The third kappa shape index (κ3) is 4.98. The van der Waals surface area contributed by atoms with Gasteiger partial charge in [0.15, 0.2) is 0 Å². The molecule has 0 fully saturated rings. The summed E-state index contributed by atoms with van der Waals surface area (Å²) in [6.45, 7) is 0. The minimum atomic E-state index is -4.54. The van der Waals surface area contributed by atoms with Crippen LogP contribution < -0.4 is 0 Å². The second-order valence-corrected chi connectivity index (χ2v) is 5.44. The van der Waals surface area contributed by atoms with Gasteiger partial charge in [-0.25, -0.2) is 0 Å². The first-order valence-corrected chi connectivity index (χ1v) is 3.86. The van der Waals surface area contributed by atoms with Crippen LogP contribution in [-0.4, -0.2) is 41.9 Å². The van der Waals surface area contributed by atoms with Crippen LogP contribution >= 0.6 is 34.8 Å². The van der Waals surface area contributed by atoms with E-state index in [1.165, 1.54) is 0 Å². The van der Waals surface area contributed by atoms with Crippen molar-refractivity contribution in [1.29, 1.82) is 0 Å². The van der Waals surface area contributed by atoms with Gasteiger partial charge in [-0.15, -0.1) is 0 Å². The van der Waals surface area contributed by atoms with E-state index in [9.17, 15) is 8.42 Å². The monoisotopic (exact) mass is 316 g/mol. The molecule has 0 atom stereocenters. The second-order valence-electron chi connectivity index (χ2n) is 0.921. The Balaban J connectivity index is 0. The van der Waals surface area contributed by atoms with Crippen molar-refractivity contribution in [1.82, 2.24) is 0 Å². The summed E-state index contributed by atoms with van der Waals surface area (Å²) in [5.74, 6) is 0. The van der Waals surface area contributed by atoms with Crippen LogP contribution in [0.2, 0.25) is 0 Å². The quantitative estimate of drug-likeness (QED) is 0.506. The van der Waals surface area contributed by atoms with E-state index < -0.39 is 13.2 Å². The van der Waals surface area contributed by atoms with Crippen LogP contribution in [0.5, 0.6) is 0 Å². The van der Waals surface area contributed by atoms with Crippen molar-refractivity contribution in [2.75, 3.05) is 0 Å². The van der Waals surface area contributed by atoms with Gasteiger partial charge < -0.3 is 0 Å². The minimum absolute atomic E-state index is 0. The Labute approximate surface area is 86.2 Å². The van der Waals surface area contributed by atoms with E-state index in [2.05, 4.69) is 0 Å². The van der Waals surface area contributed by atoms with Crippen molar-refractivity contribution >= 4 is 70.8 Å². The average Bonchev–Trinajstić information content (AvgIpc) is 1.25. The Hall–Kier alpha value is 1.65. The number of hydrogen-bond acceptors (Lipinski definition) is 2. The summed E-state index contributed by atoms with van der Waals surface area (Å²) in [5.41, 5.74) is 0. The maximum absolute atomic E-state index is 9.81. The van der Waals surface area contributed by atoms with Crippen LogP contribution in [0.25, 0.3) is 0 Å². The Bertz CT molecular complexity index is 168. The molecule has 1 N–H and O–H groups in total. The summed E-state index contributed by atoms with van der Waals surface area (Å²) >= 11 is 14.1. The zero-order valence-corrected chi connectivity index (χ0v) is 6.39. The predicted molar refractivity (Wildman–Crippen MR) is 41.8 cm³/mol. The van der Waals surface area contributed by atoms with Crippen molar-refractivity contribution in [2.45, 2.75) is 3.12 Å². The van der Waals surface area contributed by atoms with E-state index in [0.29, 0.717) is 0 Å². The molecular formula is CH4Cl3InO3S. The molecule has 0 aromatic carbocycles. The van der Waals surface area contributed by atoms with E-state index >= 15 is 0 Å². The Kier molecular flexibility index (Phi) is 5.71. The Morgan fingerprint density at radius 1 is 1.22 bits per heavy atom. The van der Waals surface area contributed by atoms with Gasteiger partial charge in [0.25, 0.3) is 0 Å². The van der Waals surface area contributed by atoms with Crippen molar-refractivity contribution in [3.05, 3.63) is 0 Å². The van der Waals surface area contributed by atoms with Crippen LogP contribution in [0.15, 0.2) is 0 Å². The van der Waals surface area contributed by atoms with Crippen LogP contribution in [0.3, 0.4) is 0 Å². The van der Waals surface area contributed by atoms with Gasteiger partial charge in [-0.05, 0) is 0 Å². The van der Waals surface area contributed by atoms with E-state index in [0.717, 1.165) is 0 Å². The molecule has 0 aromatic rings. The molecule has 8 heteroatoms. The van der Waals surface area contributed by atoms with E-state index in [1.807, 2.05) is 0 Å². The summed E-state index contributed by atoms with van der Waals surface area (Å²) in [5, 5.41) is 0. The number of rotatable bonds is 0. The molecule has 0 aliphatic rings. The summed E-state index contributed by atoms with van der Waals surface area (Å²) < 4.78 is 24.9. The topological polar surface area (TPSA) is 54.4 Å². The molecule has 9 heavy (non-hydrogen) atoms. The molecular weight excluding hydrogens is 313 g/mol. The van der Waals surface area contributed by atoms with Gasteiger partial charge in [0, 0.05) is 0 Å². The molecule has 0 unspecified atom stereocenters. The third-order valence-electron chi connectivity index (χ3n) is 0.292. The number of halogens is 3. The maximum atomic E-state index is 9.81. The SMILES string of the molecule is O=S(=O)(O)C(Cl)(Cl)Cl.[InH3]. The summed E-state index contributed by atoms with van der Waals surface area (Å²) in [6.07, 6.45) is 0. The molecule has 0 amide bonds. The van der Waals surface area contributed by atoms with Crippen LogP contribution in [0, 0.1) is 0 Å². The normalized spacial score (nSPS) is 12.4. The number of hydrogen-bond donors (Lipinski definition) is 1. The fraction of sp³-hybridized carbons (Fsp3) is 1.00. The molecule has 0 bridgehead atoms. The molecule has 0 rings (SSSR count). The predicted octanol–water partition coefficient (Wildman–Crippen LogP) is 0.0180. The van der Waals surface area contributed by atoms with E-state index in [4.69, 9.17) is 39.4 Å². The van der Waals surface area contributed by atoms with E-state index in [1.54, 1.807) is 0 Å². The van der Waals surface area contributed by atoms with Crippen molar-refractivity contribution in [3.8, 4) is 0 Å². The standard InChI is InChI=1S/CHCl3O3S.In.3H/c2-1(3,4)8(5,6)7;;;;/h(H,5,6,7);;;;. The fourth-order valence-electron chi connectivity index (χ4n) is 0. The summed E-state index contributed by atoms with van der Waals surface area (Å²) in [4.78, 5) is 0.